The summed E-state index contributed by atoms with van der Waals surface area (Å²) in [5.41, 5.74) is 0.833. The molecule has 2 aromatic rings. The molecule has 15 heavy (non-hydrogen) atoms. The van der Waals surface area contributed by atoms with Gasteiger partial charge in [0.15, 0.2) is 5.69 Å². The van der Waals surface area contributed by atoms with Crippen molar-refractivity contribution in [2.45, 2.75) is 6.54 Å². The number of carboxylic acid groups (broad SMARTS) is 1. The fraction of sp³-hybridized carbons (Fsp3) is 0.143. The second-order valence-corrected chi connectivity index (χ2v) is 3.78. The van der Waals surface area contributed by atoms with Crippen LogP contribution in [0.5, 0.6) is 0 Å². The summed E-state index contributed by atoms with van der Waals surface area (Å²) < 4.78 is 8.72. The smallest absolute Gasteiger partial charge is 0.360 e. The monoisotopic (exact) mass is 224 g/mol. The van der Waals surface area contributed by atoms with Crippen molar-refractivity contribution >= 4 is 23.2 Å². The number of carboxylic acids is 1. The van der Waals surface area contributed by atoms with Crippen molar-refractivity contribution in [2.24, 2.45) is 0 Å². The van der Waals surface area contributed by atoms with Gasteiger partial charge < -0.3 is 14.9 Å². The second kappa shape index (κ2) is 2.76. The van der Waals surface area contributed by atoms with Crippen molar-refractivity contribution in [1.82, 2.24) is 14.7 Å². The highest BCUT2D eigenvalue weighted by atomic mass is 32.1. The summed E-state index contributed by atoms with van der Waals surface area (Å²) in [5, 5.41) is 19.1. The summed E-state index contributed by atoms with van der Waals surface area (Å²) in [6.07, 6.45) is 0. The van der Waals surface area contributed by atoms with E-state index in [1.807, 2.05) is 0 Å². The van der Waals surface area contributed by atoms with Gasteiger partial charge in [-0.2, -0.15) is 0 Å². The largest absolute Gasteiger partial charge is 0.476 e. The zero-order valence-corrected chi connectivity index (χ0v) is 8.04. The van der Waals surface area contributed by atoms with Gasteiger partial charge in [0, 0.05) is 0 Å². The van der Waals surface area contributed by atoms with Gasteiger partial charge in [0.2, 0.25) is 11.5 Å². The summed E-state index contributed by atoms with van der Waals surface area (Å²) >= 11 is 1.25. The summed E-state index contributed by atoms with van der Waals surface area (Å²) in [7, 11) is 0. The third-order valence-corrected chi connectivity index (χ3v) is 2.81. The Morgan fingerprint density at radius 3 is 3.27 bits per heavy atom. The minimum absolute atomic E-state index is 0.122. The molecule has 1 aliphatic heterocycles. The summed E-state index contributed by atoms with van der Waals surface area (Å²) in [5.74, 6) is -0.776. The van der Waals surface area contributed by atoms with E-state index in [0.717, 1.165) is 4.88 Å². The SMILES string of the molecule is O=C(O)c1noc2c1NCc1snnc1-2. The fourth-order valence-electron chi connectivity index (χ4n) is 1.43. The molecule has 7 nitrogen and oxygen atoms in total. The van der Waals surface area contributed by atoms with E-state index in [1.165, 1.54) is 11.5 Å². The van der Waals surface area contributed by atoms with E-state index in [2.05, 4.69) is 20.1 Å². The molecule has 8 heteroatoms. The van der Waals surface area contributed by atoms with Crippen LogP contribution in [0.2, 0.25) is 0 Å². The fourth-order valence-corrected chi connectivity index (χ4v) is 2.01. The second-order valence-electron chi connectivity index (χ2n) is 2.94. The standard InChI is InChI=1S/C7H4N4O3S/c12-7(13)5-4-6(14-10-5)3-2(1-8-4)15-11-9-3/h8H,1H2,(H,12,13). The molecule has 2 aromatic heterocycles. The summed E-state index contributed by atoms with van der Waals surface area (Å²) in [4.78, 5) is 11.7. The first-order valence-electron chi connectivity index (χ1n) is 4.06. The number of nitrogens with one attached hydrogen (secondary N) is 1. The van der Waals surface area contributed by atoms with Crippen molar-refractivity contribution in [2.75, 3.05) is 5.32 Å². The maximum Gasteiger partial charge on any atom is 0.360 e. The number of anilines is 1. The molecule has 0 bridgehead atoms. The van der Waals surface area contributed by atoms with Crippen molar-refractivity contribution in [3.8, 4) is 11.5 Å². The molecule has 2 N–H and O–H groups in total. The van der Waals surface area contributed by atoms with E-state index >= 15 is 0 Å². The molecule has 0 aromatic carbocycles. The number of carbonyl (C=O) groups is 1. The molecular formula is C7H4N4O3S. The van der Waals surface area contributed by atoms with Gasteiger partial charge in [-0.05, 0) is 11.5 Å². The first kappa shape index (κ1) is 8.36. The topological polar surface area (TPSA) is 101 Å². The molecule has 0 saturated carbocycles. The van der Waals surface area contributed by atoms with Gasteiger partial charge in [0.1, 0.15) is 5.69 Å². The molecule has 3 rings (SSSR count). The van der Waals surface area contributed by atoms with Crippen LogP contribution < -0.4 is 5.32 Å². The molecule has 0 unspecified atom stereocenters. The van der Waals surface area contributed by atoms with Gasteiger partial charge in [-0.25, -0.2) is 4.79 Å². The maximum atomic E-state index is 10.8. The van der Waals surface area contributed by atoms with E-state index in [1.54, 1.807) is 0 Å². The normalized spacial score (nSPS) is 12.8. The molecule has 3 heterocycles. The Morgan fingerprint density at radius 1 is 1.60 bits per heavy atom. The van der Waals surface area contributed by atoms with Gasteiger partial charge in [0.05, 0.1) is 11.4 Å². The first-order chi connectivity index (χ1) is 7.27. The molecule has 0 saturated heterocycles. The van der Waals surface area contributed by atoms with Crippen LogP contribution in [-0.2, 0) is 6.54 Å². The Balaban J connectivity index is 2.23. The number of aromatic nitrogens is 3. The summed E-state index contributed by atoms with van der Waals surface area (Å²) in [6, 6.07) is 0. The maximum absolute atomic E-state index is 10.8. The number of fused-ring (bicyclic) bond motifs is 3. The number of aromatic carboxylic acids is 1. The Morgan fingerprint density at radius 2 is 2.47 bits per heavy atom. The average Bonchev–Trinajstić information content (AvgIpc) is 2.82. The van der Waals surface area contributed by atoms with Crippen LogP contribution in [0.4, 0.5) is 5.69 Å². The molecule has 76 valence electrons. The molecule has 0 fully saturated rings. The van der Waals surface area contributed by atoms with Gasteiger partial charge in [0.25, 0.3) is 0 Å². The van der Waals surface area contributed by atoms with E-state index in [-0.39, 0.29) is 5.69 Å². The molecule has 0 atom stereocenters. The number of hydrogen-bond acceptors (Lipinski definition) is 7. The molecule has 0 amide bonds. The van der Waals surface area contributed by atoms with Crippen LogP contribution >= 0.6 is 11.5 Å². The minimum atomic E-state index is -1.13. The third kappa shape index (κ3) is 1.05. The van der Waals surface area contributed by atoms with Crippen LogP contribution in [0.15, 0.2) is 4.52 Å². The Kier molecular flexibility index (Phi) is 1.54. The van der Waals surface area contributed by atoms with Gasteiger partial charge in [-0.3, -0.25) is 0 Å². The Labute approximate surface area is 86.9 Å². The number of hydrogen-bond donors (Lipinski definition) is 2. The van der Waals surface area contributed by atoms with E-state index in [4.69, 9.17) is 9.63 Å². The lowest BCUT2D eigenvalue weighted by Gasteiger charge is -2.09. The Bertz CT molecular complexity index is 546. The van der Waals surface area contributed by atoms with E-state index in [0.29, 0.717) is 23.7 Å². The van der Waals surface area contributed by atoms with Crippen LogP contribution in [-0.4, -0.2) is 25.8 Å². The zero-order valence-electron chi connectivity index (χ0n) is 7.22. The lowest BCUT2D eigenvalue weighted by Crippen LogP contribution is -2.09. The minimum Gasteiger partial charge on any atom is -0.476 e. The van der Waals surface area contributed by atoms with Crippen LogP contribution in [0.1, 0.15) is 15.4 Å². The van der Waals surface area contributed by atoms with Crippen LogP contribution in [0.3, 0.4) is 0 Å². The highest BCUT2D eigenvalue weighted by molar-refractivity contribution is 7.06. The van der Waals surface area contributed by atoms with E-state index in [9.17, 15) is 4.79 Å². The molecular weight excluding hydrogens is 220 g/mol. The highest BCUT2D eigenvalue weighted by Gasteiger charge is 2.29. The molecule has 0 radical (unpaired) electrons. The lowest BCUT2D eigenvalue weighted by molar-refractivity contribution is 0.0687. The molecule has 0 spiro atoms. The number of nitrogens with zero attached hydrogens (tertiary/aromatic N) is 3. The lowest BCUT2D eigenvalue weighted by atomic mass is 10.1. The van der Waals surface area contributed by atoms with Crippen molar-refractivity contribution in [3.05, 3.63) is 10.6 Å². The van der Waals surface area contributed by atoms with Gasteiger partial charge in [-0.1, -0.05) is 9.64 Å². The third-order valence-electron chi connectivity index (χ3n) is 2.09. The van der Waals surface area contributed by atoms with Gasteiger partial charge >= 0.3 is 5.97 Å². The van der Waals surface area contributed by atoms with Crippen LogP contribution in [0.25, 0.3) is 11.5 Å². The predicted octanol–water partition coefficient (Wildman–Crippen LogP) is 0.817. The number of rotatable bonds is 1. The zero-order chi connectivity index (χ0) is 10.4. The van der Waals surface area contributed by atoms with Crippen LogP contribution in [0, 0.1) is 0 Å². The quantitative estimate of drug-likeness (QED) is 0.739. The van der Waals surface area contributed by atoms with Crippen molar-refractivity contribution in [3.63, 3.8) is 0 Å². The van der Waals surface area contributed by atoms with Gasteiger partial charge in [-0.15, -0.1) is 5.10 Å². The van der Waals surface area contributed by atoms with Crippen molar-refractivity contribution < 1.29 is 14.4 Å². The average molecular weight is 224 g/mol. The van der Waals surface area contributed by atoms with E-state index < -0.39 is 5.97 Å². The first-order valence-corrected chi connectivity index (χ1v) is 4.83. The Hall–Kier alpha value is -1.96. The molecule has 0 aliphatic carbocycles. The highest BCUT2D eigenvalue weighted by Crippen LogP contribution is 2.37. The summed E-state index contributed by atoms with van der Waals surface area (Å²) in [6.45, 7) is 0.501. The van der Waals surface area contributed by atoms with Crippen molar-refractivity contribution in [1.29, 1.82) is 0 Å². The molecule has 1 aliphatic rings. The predicted molar refractivity (Wildman–Crippen MR) is 49.7 cm³/mol.